The summed E-state index contributed by atoms with van der Waals surface area (Å²) >= 11 is 0. The number of hydrazine groups is 1. The van der Waals surface area contributed by atoms with Crippen LogP contribution in [0, 0.1) is 0 Å². The number of imide groups is 1. The minimum absolute atomic E-state index is 0.291. The molecule has 0 saturated carbocycles. The second kappa shape index (κ2) is 6.88. The van der Waals surface area contributed by atoms with E-state index in [1.54, 1.807) is 24.3 Å². The average Bonchev–Trinajstić information content (AvgIpc) is 2.95. The molecule has 1 aliphatic rings. The molecule has 0 bridgehead atoms. The van der Waals surface area contributed by atoms with E-state index in [0.717, 1.165) is 16.1 Å². The fraction of sp³-hybridized carbons (Fsp3) is 0.0455. The molecular formula is C22H16N2O3. The molecule has 0 aromatic heterocycles. The first-order valence-electron chi connectivity index (χ1n) is 8.55. The van der Waals surface area contributed by atoms with Gasteiger partial charge in [0.1, 0.15) is 0 Å². The highest BCUT2D eigenvalue weighted by atomic mass is 16.2. The lowest BCUT2D eigenvalue weighted by atomic mass is 9.91. The van der Waals surface area contributed by atoms with E-state index in [1.165, 1.54) is 0 Å². The van der Waals surface area contributed by atoms with Crippen molar-refractivity contribution in [1.82, 2.24) is 10.4 Å². The van der Waals surface area contributed by atoms with Crippen LogP contribution < -0.4 is 5.43 Å². The third kappa shape index (κ3) is 3.00. The maximum Gasteiger partial charge on any atom is 0.280 e. The van der Waals surface area contributed by atoms with Crippen LogP contribution in [0.2, 0.25) is 0 Å². The van der Waals surface area contributed by atoms with Crippen LogP contribution in [-0.4, -0.2) is 22.7 Å². The quantitative estimate of drug-likeness (QED) is 0.731. The van der Waals surface area contributed by atoms with Crippen molar-refractivity contribution in [3.8, 4) is 0 Å². The molecule has 3 amide bonds. The number of nitrogens with zero attached hydrogens (tertiary/aromatic N) is 1. The number of nitrogens with one attached hydrogen (secondary N) is 1. The van der Waals surface area contributed by atoms with E-state index in [0.29, 0.717) is 11.1 Å². The molecule has 1 N–H and O–H groups in total. The van der Waals surface area contributed by atoms with Gasteiger partial charge in [0.15, 0.2) is 0 Å². The molecule has 3 aromatic rings. The summed E-state index contributed by atoms with van der Waals surface area (Å²) in [6.07, 6.45) is 0. The zero-order valence-electron chi connectivity index (χ0n) is 14.3. The molecule has 4 rings (SSSR count). The van der Waals surface area contributed by atoms with Gasteiger partial charge >= 0.3 is 0 Å². The summed E-state index contributed by atoms with van der Waals surface area (Å²) < 4.78 is 0. The van der Waals surface area contributed by atoms with E-state index in [9.17, 15) is 14.4 Å². The van der Waals surface area contributed by atoms with Gasteiger partial charge in [-0.25, -0.2) is 0 Å². The van der Waals surface area contributed by atoms with Gasteiger partial charge in [-0.3, -0.25) is 19.8 Å². The number of rotatable bonds is 4. The third-order valence-electron chi connectivity index (χ3n) is 4.54. The zero-order valence-corrected chi connectivity index (χ0v) is 14.3. The Morgan fingerprint density at radius 1 is 0.667 bits per heavy atom. The van der Waals surface area contributed by atoms with Gasteiger partial charge in [-0.2, -0.15) is 5.01 Å². The summed E-state index contributed by atoms with van der Waals surface area (Å²) in [5.41, 5.74) is 4.65. The highest BCUT2D eigenvalue weighted by Crippen LogP contribution is 2.26. The van der Waals surface area contributed by atoms with Crippen molar-refractivity contribution in [2.45, 2.75) is 5.92 Å². The van der Waals surface area contributed by atoms with E-state index in [4.69, 9.17) is 0 Å². The van der Waals surface area contributed by atoms with Gasteiger partial charge in [-0.05, 0) is 23.3 Å². The van der Waals surface area contributed by atoms with Crippen molar-refractivity contribution in [3.63, 3.8) is 0 Å². The molecule has 0 aliphatic carbocycles. The standard InChI is InChI=1S/C22H16N2O3/c25-20(23-24-21(26)17-13-7-8-14-18(17)22(24)27)19(15-9-3-1-4-10-15)16-11-5-2-6-12-16/h1-14,19H,(H,23,25). The monoisotopic (exact) mass is 356 g/mol. The van der Waals surface area contributed by atoms with Crippen LogP contribution >= 0.6 is 0 Å². The molecule has 0 radical (unpaired) electrons. The van der Waals surface area contributed by atoms with Crippen molar-refractivity contribution < 1.29 is 14.4 Å². The van der Waals surface area contributed by atoms with E-state index < -0.39 is 23.6 Å². The Balaban J connectivity index is 1.66. The third-order valence-corrected chi connectivity index (χ3v) is 4.54. The predicted molar refractivity (Wildman–Crippen MR) is 99.8 cm³/mol. The summed E-state index contributed by atoms with van der Waals surface area (Å²) in [6.45, 7) is 0. The van der Waals surface area contributed by atoms with E-state index in [1.807, 2.05) is 60.7 Å². The lowest BCUT2D eigenvalue weighted by molar-refractivity contribution is -0.124. The minimum Gasteiger partial charge on any atom is -0.272 e. The van der Waals surface area contributed by atoms with Gasteiger partial charge in [0, 0.05) is 0 Å². The molecule has 3 aromatic carbocycles. The number of amides is 3. The number of fused-ring (bicyclic) bond motifs is 1. The molecule has 1 heterocycles. The Morgan fingerprint density at radius 2 is 1.07 bits per heavy atom. The Labute approximate surface area is 156 Å². The highest BCUT2D eigenvalue weighted by molar-refractivity contribution is 6.21. The Hall–Kier alpha value is -3.73. The van der Waals surface area contributed by atoms with E-state index in [2.05, 4.69) is 5.43 Å². The maximum atomic E-state index is 13.1. The van der Waals surface area contributed by atoms with Gasteiger partial charge in [0.2, 0.25) is 0 Å². The molecule has 0 fully saturated rings. The molecule has 5 nitrogen and oxygen atoms in total. The number of carbonyl (C=O) groups is 3. The number of hydrogen-bond donors (Lipinski definition) is 1. The topological polar surface area (TPSA) is 66.5 Å². The van der Waals surface area contributed by atoms with Crippen LogP contribution in [0.15, 0.2) is 84.9 Å². The summed E-state index contributed by atoms with van der Waals surface area (Å²) in [6, 6.07) is 25.0. The highest BCUT2D eigenvalue weighted by Gasteiger charge is 2.38. The number of hydrogen-bond acceptors (Lipinski definition) is 3. The van der Waals surface area contributed by atoms with Crippen LogP contribution in [0.1, 0.15) is 37.8 Å². The van der Waals surface area contributed by atoms with Crippen LogP contribution in [0.3, 0.4) is 0 Å². The van der Waals surface area contributed by atoms with E-state index in [-0.39, 0.29) is 0 Å². The van der Waals surface area contributed by atoms with Crippen LogP contribution in [-0.2, 0) is 4.79 Å². The first-order valence-corrected chi connectivity index (χ1v) is 8.55. The van der Waals surface area contributed by atoms with Crippen molar-refractivity contribution in [2.75, 3.05) is 0 Å². The van der Waals surface area contributed by atoms with Crippen LogP contribution in [0.5, 0.6) is 0 Å². The smallest absolute Gasteiger partial charge is 0.272 e. The zero-order chi connectivity index (χ0) is 18.8. The predicted octanol–water partition coefficient (Wildman–Crippen LogP) is 3.15. The van der Waals surface area contributed by atoms with Gasteiger partial charge in [0.25, 0.3) is 17.7 Å². The molecule has 27 heavy (non-hydrogen) atoms. The Bertz CT molecular complexity index is 941. The van der Waals surface area contributed by atoms with Gasteiger partial charge < -0.3 is 0 Å². The van der Waals surface area contributed by atoms with Gasteiger partial charge in [0.05, 0.1) is 17.0 Å². The molecule has 0 spiro atoms. The summed E-state index contributed by atoms with van der Waals surface area (Å²) in [7, 11) is 0. The number of benzene rings is 3. The summed E-state index contributed by atoms with van der Waals surface area (Å²) in [4.78, 5) is 38.1. The number of carbonyl (C=O) groups excluding carboxylic acids is 3. The maximum absolute atomic E-state index is 13.1. The molecule has 5 heteroatoms. The van der Waals surface area contributed by atoms with Crippen LogP contribution in [0.25, 0.3) is 0 Å². The van der Waals surface area contributed by atoms with Gasteiger partial charge in [-0.15, -0.1) is 0 Å². The fourth-order valence-electron chi connectivity index (χ4n) is 3.25. The molecule has 1 aliphatic heterocycles. The Morgan fingerprint density at radius 3 is 1.52 bits per heavy atom. The molecule has 132 valence electrons. The molecule has 0 saturated heterocycles. The van der Waals surface area contributed by atoms with Crippen molar-refractivity contribution in [1.29, 1.82) is 0 Å². The lowest BCUT2D eigenvalue weighted by Gasteiger charge is -2.21. The first-order chi connectivity index (χ1) is 13.2. The van der Waals surface area contributed by atoms with Crippen molar-refractivity contribution in [2.24, 2.45) is 0 Å². The largest absolute Gasteiger partial charge is 0.280 e. The van der Waals surface area contributed by atoms with Crippen LogP contribution in [0.4, 0.5) is 0 Å². The van der Waals surface area contributed by atoms with Crippen molar-refractivity contribution in [3.05, 3.63) is 107 Å². The van der Waals surface area contributed by atoms with Gasteiger partial charge in [-0.1, -0.05) is 72.8 Å². The molecule has 0 atom stereocenters. The SMILES string of the molecule is O=C(NN1C(=O)c2ccccc2C1=O)C(c1ccccc1)c1ccccc1. The molecular weight excluding hydrogens is 340 g/mol. The fourth-order valence-corrected chi connectivity index (χ4v) is 3.25. The first kappa shape index (κ1) is 16.7. The Kier molecular flexibility index (Phi) is 4.26. The average molecular weight is 356 g/mol. The second-order valence-electron chi connectivity index (χ2n) is 6.22. The van der Waals surface area contributed by atoms with E-state index >= 15 is 0 Å². The van der Waals surface area contributed by atoms with Crippen molar-refractivity contribution >= 4 is 17.7 Å². The summed E-state index contributed by atoms with van der Waals surface area (Å²) in [5.74, 6) is -2.13. The normalized spacial score (nSPS) is 13.0. The molecule has 0 unspecified atom stereocenters. The second-order valence-corrected chi connectivity index (χ2v) is 6.22. The minimum atomic E-state index is -0.642. The lowest BCUT2D eigenvalue weighted by Crippen LogP contribution is -2.47. The summed E-state index contributed by atoms with van der Waals surface area (Å²) in [5, 5.41) is 0.798.